The maximum atomic E-state index is 12.7. The van der Waals surface area contributed by atoms with E-state index < -0.39 is 6.04 Å². The summed E-state index contributed by atoms with van der Waals surface area (Å²) in [4.78, 5) is 39.3. The normalized spacial score (nSPS) is 13.9. The van der Waals surface area contributed by atoms with Crippen LogP contribution in [-0.4, -0.2) is 43.4 Å². The van der Waals surface area contributed by atoms with E-state index in [1.807, 2.05) is 0 Å². The van der Waals surface area contributed by atoms with Crippen LogP contribution < -0.4 is 19.7 Å². The largest absolute Gasteiger partial charge is 0.485 e. The van der Waals surface area contributed by atoms with Gasteiger partial charge in [-0.25, -0.2) is 0 Å². The summed E-state index contributed by atoms with van der Waals surface area (Å²) in [5.41, 5.74) is 0.739. The fourth-order valence-corrected chi connectivity index (χ4v) is 3.49. The second-order valence-corrected chi connectivity index (χ2v) is 8.49. The Hall–Kier alpha value is -3.06. The van der Waals surface area contributed by atoms with Crippen LogP contribution >= 0.6 is 11.6 Å². The number of carbonyl (C=O) groups excluding carboxylic acids is 3. The van der Waals surface area contributed by atoms with Crippen molar-refractivity contribution in [3.8, 4) is 11.5 Å². The molecule has 2 aromatic rings. The predicted molar refractivity (Wildman–Crippen MR) is 123 cm³/mol. The molecular weight excluding hydrogens is 432 g/mol. The highest BCUT2D eigenvalue weighted by Gasteiger charge is 2.33. The number of carbonyl (C=O) groups is 3. The predicted octanol–water partition coefficient (Wildman–Crippen LogP) is 3.88. The van der Waals surface area contributed by atoms with Crippen molar-refractivity contribution >= 4 is 34.9 Å². The van der Waals surface area contributed by atoms with E-state index in [2.05, 4.69) is 19.2 Å². The number of ether oxygens (including phenoxy) is 2. The van der Waals surface area contributed by atoms with Crippen molar-refractivity contribution in [2.75, 3.05) is 24.7 Å². The molecule has 0 aromatic heterocycles. The Morgan fingerprint density at radius 3 is 2.69 bits per heavy atom. The van der Waals surface area contributed by atoms with Crippen molar-refractivity contribution in [3.05, 3.63) is 53.1 Å². The maximum absolute atomic E-state index is 12.7. The number of hydrogen-bond acceptors (Lipinski definition) is 5. The van der Waals surface area contributed by atoms with Gasteiger partial charge in [0.15, 0.2) is 19.0 Å². The molecule has 0 fully saturated rings. The molecule has 1 aliphatic heterocycles. The van der Waals surface area contributed by atoms with E-state index in [0.717, 1.165) is 6.42 Å². The van der Waals surface area contributed by atoms with Gasteiger partial charge in [-0.3, -0.25) is 19.3 Å². The molecule has 1 atom stereocenters. The van der Waals surface area contributed by atoms with E-state index >= 15 is 0 Å². The minimum absolute atomic E-state index is 0.165. The second-order valence-electron chi connectivity index (χ2n) is 8.05. The van der Waals surface area contributed by atoms with Crippen LogP contribution in [0.15, 0.2) is 42.5 Å². The van der Waals surface area contributed by atoms with E-state index in [1.165, 1.54) is 4.90 Å². The molecule has 0 spiro atoms. The smallest absolute Gasteiger partial charge is 0.265 e. The van der Waals surface area contributed by atoms with Gasteiger partial charge in [-0.15, -0.1) is 0 Å². The summed E-state index contributed by atoms with van der Waals surface area (Å²) in [5, 5.41) is 3.38. The summed E-state index contributed by atoms with van der Waals surface area (Å²) in [6.45, 7) is 5.99. The molecule has 1 aliphatic rings. The third kappa shape index (κ3) is 5.79. The van der Waals surface area contributed by atoms with Gasteiger partial charge >= 0.3 is 0 Å². The average molecular weight is 459 g/mol. The van der Waals surface area contributed by atoms with Crippen LogP contribution in [0.25, 0.3) is 0 Å². The van der Waals surface area contributed by atoms with Gasteiger partial charge in [0.1, 0.15) is 17.5 Å². The molecule has 1 N–H and O–H groups in total. The molecule has 0 radical (unpaired) electrons. The lowest BCUT2D eigenvalue weighted by Gasteiger charge is -2.33. The molecular formula is C24H27ClN2O5. The van der Waals surface area contributed by atoms with Gasteiger partial charge < -0.3 is 14.8 Å². The van der Waals surface area contributed by atoms with E-state index in [4.69, 9.17) is 21.1 Å². The van der Waals surface area contributed by atoms with Crippen LogP contribution in [0, 0.1) is 5.92 Å². The monoisotopic (exact) mass is 458 g/mol. The third-order valence-electron chi connectivity index (χ3n) is 5.11. The van der Waals surface area contributed by atoms with Crippen molar-refractivity contribution in [3.63, 3.8) is 0 Å². The molecule has 0 saturated heterocycles. The van der Waals surface area contributed by atoms with Crippen molar-refractivity contribution in [2.24, 2.45) is 5.92 Å². The molecule has 7 nitrogen and oxygen atoms in total. The Labute approximate surface area is 192 Å². The summed E-state index contributed by atoms with van der Waals surface area (Å²) < 4.78 is 11.0. The highest BCUT2D eigenvalue weighted by Crippen LogP contribution is 2.34. The number of halogens is 1. The number of amides is 2. The molecule has 32 heavy (non-hydrogen) atoms. The zero-order valence-corrected chi connectivity index (χ0v) is 19.1. The molecule has 170 valence electrons. The number of benzene rings is 2. The van der Waals surface area contributed by atoms with Gasteiger partial charge in [0.25, 0.3) is 5.91 Å². The number of rotatable bonds is 9. The summed E-state index contributed by atoms with van der Waals surface area (Å²) in [5.74, 6) is 0.505. The van der Waals surface area contributed by atoms with Gasteiger partial charge in [-0.1, -0.05) is 31.5 Å². The number of nitrogens with zero attached hydrogens (tertiary/aromatic N) is 1. The topological polar surface area (TPSA) is 84.9 Å². The van der Waals surface area contributed by atoms with E-state index in [0.29, 0.717) is 40.2 Å². The molecule has 3 rings (SSSR count). The van der Waals surface area contributed by atoms with Crippen molar-refractivity contribution in [1.29, 1.82) is 0 Å². The number of fused-ring (bicyclic) bond motifs is 1. The minimum Gasteiger partial charge on any atom is -0.485 e. The van der Waals surface area contributed by atoms with E-state index in [1.54, 1.807) is 49.4 Å². The van der Waals surface area contributed by atoms with Crippen LogP contribution in [0.5, 0.6) is 11.5 Å². The SMILES string of the molecule is CC(C)CCNC(=O)C(C)N1C(=O)COc2ccc(C(=O)COc3cccc(Cl)c3)cc21. The van der Waals surface area contributed by atoms with Gasteiger partial charge in [-0.05, 0) is 55.7 Å². The zero-order chi connectivity index (χ0) is 23.3. The number of hydrogen-bond donors (Lipinski definition) is 1. The molecule has 2 aromatic carbocycles. The maximum Gasteiger partial charge on any atom is 0.265 e. The van der Waals surface area contributed by atoms with Crippen molar-refractivity contribution in [2.45, 2.75) is 33.2 Å². The first-order chi connectivity index (χ1) is 15.3. The van der Waals surface area contributed by atoms with Crippen molar-refractivity contribution < 1.29 is 23.9 Å². The molecule has 0 saturated carbocycles. The summed E-state index contributed by atoms with van der Waals surface area (Å²) in [7, 11) is 0. The van der Waals surface area contributed by atoms with E-state index in [-0.39, 0.29) is 30.8 Å². The summed E-state index contributed by atoms with van der Waals surface area (Å²) in [6, 6.07) is 10.8. The fraction of sp³-hybridized carbons (Fsp3) is 0.375. The van der Waals surface area contributed by atoms with Crippen LogP contribution in [0.1, 0.15) is 37.6 Å². The molecule has 8 heteroatoms. The quantitative estimate of drug-likeness (QED) is 0.576. The molecule has 0 aliphatic carbocycles. The number of Topliss-reactive ketones (excluding diaryl/α,β-unsaturated/α-hetero) is 1. The Balaban J connectivity index is 1.75. The third-order valence-corrected chi connectivity index (χ3v) is 5.35. The fourth-order valence-electron chi connectivity index (χ4n) is 3.31. The summed E-state index contributed by atoms with van der Waals surface area (Å²) >= 11 is 5.94. The number of ketones is 1. The Morgan fingerprint density at radius 2 is 1.97 bits per heavy atom. The van der Waals surface area contributed by atoms with Gasteiger partial charge in [0.05, 0.1) is 5.69 Å². The first-order valence-corrected chi connectivity index (χ1v) is 10.9. The molecule has 1 heterocycles. The van der Waals surface area contributed by atoms with Gasteiger partial charge in [0, 0.05) is 17.1 Å². The van der Waals surface area contributed by atoms with Crippen LogP contribution in [0.4, 0.5) is 5.69 Å². The highest BCUT2D eigenvalue weighted by atomic mass is 35.5. The Morgan fingerprint density at radius 1 is 1.19 bits per heavy atom. The average Bonchev–Trinajstić information content (AvgIpc) is 2.76. The summed E-state index contributed by atoms with van der Waals surface area (Å²) in [6.07, 6.45) is 0.845. The van der Waals surface area contributed by atoms with Crippen LogP contribution in [0.2, 0.25) is 5.02 Å². The number of nitrogens with one attached hydrogen (secondary N) is 1. The lowest BCUT2D eigenvalue weighted by atomic mass is 10.1. The van der Waals surface area contributed by atoms with Gasteiger partial charge in [0.2, 0.25) is 5.91 Å². The Kier molecular flexibility index (Phi) is 7.75. The van der Waals surface area contributed by atoms with Gasteiger partial charge in [-0.2, -0.15) is 0 Å². The zero-order valence-electron chi connectivity index (χ0n) is 18.4. The van der Waals surface area contributed by atoms with Crippen LogP contribution in [0.3, 0.4) is 0 Å². The number of anilines is 1. The molecule has 1 unspecified atom stereocenters. The second kappa shape index (κ2) is 10.5. The molecule has 2 amide bonds. The highest BCUT2D eigenvalue weighted by molar-refractivity contribution is 6.30. The van der Waals surface area contributed by atoms with Crippen LogP contribution in [-0.2, 0) is 9.59 Å². The van der Waals surface area contributed by atoms with E-state index in [9.17, 15) is 14.4 Å². The standard InChI is InChI=1S/C24H27ClN2O5/c1-15(2)9-10-26-24(30)16(3)27-20-11-17(7-8-22(20)32-14-23(27)29)21(28)13-31-19-6-4-5-18(25)12-19/h4-8,11-12,15-16H,9-10,13-14H2,1-3H3,(H,26,30). The lowest BCUT2D eigenvalue weighted by Crippen LogP contribution is -2.51. The first kappa shape index (κ1) is 23.6. The van der Waals surface area contributed by atoms with Crippen molar-refractivity contribution in [1.82, 2.24) is 5.32 Å². The first-order valence-electron chi connectivity index (χ1n) is 10.5. The Bertz CT molecular complexity index is 1010. The lowest BCUT2D eigenvalue weighted by molar-refractivity contribution is -0.127. The molecule has 0 bridgehead atoms. The minimum atomic E-state index is -0.745.